The molecule has 28 heavy (non-hydrogen) atoms. The molecule has 0 bridgehead atoms. The molecule has 0 saturated carbocycles. The zero-order valence-corrected chi connectivity index (χ0v) is 16.1. The van der Waals surface area contributed by atoms with E-state index in [2.05, 4.69) is 29.3 Å². The predicted molar refractivity (Wildman–Crippen MR) is 112 cm³/mol. The molecule has 1 aromatic heterocycles. The van der Waals surface area contributed by atoms with E-state index < -0.39 is 0 Å². The third kappa shape index (κ3) is 3.87. The van der Waals surface area contributed by atoms with Crippen molar-refractivity contribution in [1.82, 2.24) is 10.2 Å². The van der Waals surface area contributed by atoms with Gasteiger partial charge in [-0.15, -0.1) is 0 Å². The number of rotatable bonds is 5. The van der Waals surface area contributed by atoms with Crippen molar-refractivity contribution in [3.8, 4) is 33.9 Å². The molecule has 0 fully saturated rings. The zero-order chi connectivity index (χ0) is 19.5. The molecule has 0 radical (unpaired) electrons. The van der Waals surface area contributed by atoms with Crippen LogP contribution in [0.2, 0.25) is 5.02 Å². The Morgan fingerprint density at radius 1 is 0.964 bits per heavy atom. The molecule has 4 nitrogen and oxygen atoms in total. The van der Waals surface area contributed by atoms with E-state index in [1.54, 1.807) is 12.3 Å². The van der Waals surface area contributed by atoms with Crippen molar-refractivity contribution in [2.24, 2.45) is 0 Å². The average Bonchev–Trinajstić information content (AvgIpc) is 3.18. The number of aromatic nitrogens is 2. The molecule has 3 aromatic carbocycles. The van der Waals surface area contributed by atoms with Gasteiger partial charge in [-0.05, 0) is 42.3 Å². The predicted octanol–water partition coefficient (Wildman–Crippen LogP) is 5.99. The number of ether oxygens (including phenoxy) is 1. The lowest BCUT2D eigenvalue weighted by Crippen LogP contribution is -1.95. The Bertz CT molecular complexity index is 1090. The molecule has 0 spiro atoms. The van der Waals surface area contributed by atoms with Crippen molar-refractivity contribution in [3.05, 3.63) is 89.1 Å². The highest BCUT2D eigenvalue weighted by Crippen LogP contribution is 2.37. The Morgan fingerprint density at radius 2 is 1.71 bits per heavy atom. The summed E-state index contributed by atoms with van der Waals surface area (Å²) in [6.45, 7) is 2.45. The van der Waals surface area contributed by atoms with Gasteiger partial charge in [0.05, 0.1) is 11.9 Å². The van der Waals surface area contributed by atoms with Crippen molar-refractivity contribution in [1.29, 1.82) is 0 Å². The van der Waals surface area contributed by atoms with Gasteiger partial charge in [0.15, 0.2) is 0 Å². The number of phenols is 1. The van der Waals surface area contributed by atoms with Gasteiger partial charge in [0.25, 0.3) is 0 Å². The number of halogens is 1. The minimum Gasteiger partial charge on any atom is -0.507 e. The first-order valence-electron chi connectivity index (χ1n) is 8.91. The lowest BCUT2D eigenvalue weighted by atomic mass is 10.0. The number of H-pyrrole nitrogens is 1. The van der Waals surface area contributed by atoms with Crippen LogP contribution in [-0.2, 0) is 6.61 Å². The largest absolute Gasteiger partial charge is 0.507 e. The Balaban J connectivity index is 1.56. The van der Waals surface area contributed by atoms with Crippen LogP contribution in [0.5, 0.6) is 11.5 Å². The van der Waals surface area contributed by atoms with E-state index in [1.165, 1.54) is 5.56 Å². The number of nitrogens with one attached hydrogen (secondary N) is 1. The first-order chi connectivity index (χ1) is 13.6. The molecule has 1 heterocycles. The molecular weight excluding hydrogens is 372 g/mol. The van der Waals surface area contributed by atoms with Gasteiger partial charge in [-0.3, -0.25) is 5.10 Å². The van der Waals surface area contributed by atoms with Crippen molar-refractivity contribution in [2.45, 2.75) is 13.5 Å². The molecule has 2 N–H and O–H groups in total. The zero-order valence-electron chi connectivity index (χ0n) is 15.3. The van der Waals surface area contributed by atoms with E-state index in [4.69, 9.17) is 16.3 Å². The number of benzene rings is 3. The Morgan fingerprint density at radius 3 is 2.43 bits per heavy atom. The molecule has 0 unspecified atom stereocenters. The minimum absolute atomic E-state index is 0.131. The summed E-state index contributed by atoms with van der Waals surface area (Å²) in [5.41, 5.74) is 5.61. The number of aryl methyl sites for hydroxylation is 1. The normalized spacial score (nSPS) is 10.8. The van der Waals surface area contributed by atoms with E-state index >= 15 is 0 Å². The van der Waals surface area contributed by atoms with Gasteiger partial charge in [0.1, 0.15) is 18.1 Å². The van der Waals surface area contributed by atoms with Crippen LogP contribution in [-0.4, -0.2) is 15.3 Å². The van der Waals surface area contributed by atoms with Crippen LogP contribution in [0.3, 0.4) is 0 Å². The van der Waals surface area contributed by atoms with E-state index in [0.29, 0.717) is 22.9 Å². The highest BCUT2D eigenvalue weighted by molar-refractivity contribution is 6.30. The highest BCUT2D eigenvalue weighted by atomic mass is 35.5. The van der Waals surface area contributed by atoms with Gasteiger partial charge in [0.2, 0.25) is 0 Å². The smallest absolute Gasteiger partial charge is 0.128 e. The molecule has 5 heteroatoms. The second-order valence-electron chi connectivity index (χ2n) is 6.62. The Hall–Kier alpha value is -3.24. The maximum atomic E-state index is 10.6. The van der Waals surface area contributed by atoms with Crippen LogP contribution in [0.1, 0.15) is 11.1 Å². The summed E-state index contributed by atoms with van der Waals surface area (Å²) >= 11 is 5.90. The van der Waals surface area contributed by atoms with Crippen LogP contribution < -0.4 is 4.74 Å². The van der Waals surface area contributed by atoms with Crippen molar-refractivity contribution in [3.63, 3.8) is 0 Å². The summed E-state index contributed by atoms with van der Waals surface area (Å²) in [7, 11) is 0. The number of aromatic hydroxyl groups is 1. The van der Waals surface area contributed by atoms with E-state index in [-0.39, 0.29) is 5.75 Å². The molecule has 0 aliphatic carbocycles. The van der Waals surface area contributed by atoms with E-state index in [9.17, 15) is 5.11 Å². The summed E-state index contributed by atoms with van der Waals surface area (Å²) in [6, 6.07) is 21.0. The van der Waals surface area contributed by atoms with Crippen LogP contribution in [0.4, 0.5) is 0 Å². The maximum Gasteiger partial charge on any atom is 0.128 e. The fraction of sp³-hybridized carbons (Fsp3) is 0.0870. The fourth-order valence-electron chi connectivity index (χ4n) is 3.00. The lowest BCUT2D eigenvalue weighted by molar-refractivity contribution is 0.304. The molecule has 140 valence electrons. The Kier molecular flexibility index (Phi) is 5.04. The summed E-state index contributed by atoms with van der Waals surface area (Å²) in [6.07, 6.45) is 1.77. The van der Waals surface area contributed by atoms with Crippen LogP contribution in [0, 0.1) is 6.92 Å². The van der Waals surface area contributed by atoms with E-state index in [0.717, 1.165) is 22.4 Å². The second-order valence-corrected chi connectivity index (χ2v) is 7.06. The van der Waals surface area contributed by atoms with Gasteiger partial charge in [0, 0.05) is 22.2 Å². The van der Waals surface area contributed by atoms with Gasteiger partial charge in [-0.2, -0.15) is 5.10 Å². The molecule has 4 aromatic rings. The molecule has 4 rings (SSSR count). The van der Waals surface area contributed by atoms with Crippen molar-refractivity contribution in [2.75, 3.05) is 0 Å². The topological polar surface area (TPSA) is 58.1 Å². The molecular formula is C23H19ClN2O2. The van der Waals surface area contributed by atoms with E-state index in [1.807, 2.05) is 48.5 Å². The number of aromatic amines is 1. The van der Waals surface area contributed by atoms with Gasteiger partial charge < -0.3 is 9.84 Å². The summed E-state index contributed by atoms with van der Waals surface area (Å²) in [5, 5.41) is 18.4. The number of phenolic OH excluding ortho intramolecular Hbond substituents is 1. The standard InChI is InChI=1S/C23H19ClN2O2/c1-15-2-6-17(7-3-15)21-13-25-26-23(21)20-11-10-19(12-22(20)27)28-14-16-4-8-18(24)9-5-16/h2-13,27H,14H2,1H3,(H,25,26). The highest BCUT2D eigenvalue weighted by Gasteiger charge is 2.14. The van der Waals surface area contributed by atoms with Crippen LogP contribution in [0.25, 0.3) is 22.4 Å². The number of hydrogen-bond donors (Lipinski definition) is 2. The molecule has 0 aliphatic heterocycles. The van der Waals surface area contributed by atoms with Crippen molar-refractivity contribution < 1.29 is 9.84 Å². The number of hydrogen-bond acceptors (Lipinski definition) is 3. The lowest BCUT2D eigenvalue weighted by Gasteiger charge is -2.10. The van der Waals surface area contributed by atoms with Gasteiger partial charge in [-0.25, -0.2) is 0 Å². The molecule has 0 atom stereocenters. The minimum atomic E-state index is 0.131. The first-order valence-corrected chi connectivity index (χ1v) is 9.29. The Labute approximate surface area is 168 Å². The average molecular weight is 391 g/mol. The molecule has 0 aliphatic rings. The summed E-state index contributed by atoms with van der Waals surface area (Å²) in [4.78, 5) is 0. The SMILES string of the molecule is Cc1ccc(-c2cn[nH]c2-c2ccc(OCc3ccc(Cl)cc3)cc2O)cc1. The number of nitrogens with zero attached hydrogens (tertiary/aromatic N) is 1. The summed E-state index contributed by atoms with van der Waals surface area (Å²) < 4.78 is 5.78. The third-order valence-electron chi connectivity index (χ3n) is 4.56. The van der Waals surface area contributed by atoms with Crippen LogP contribution >= 0.6 is 11.6 Å². The van der Waals surface area contributed by atoms with Gasteiger partial charge >= 0.3 is 0 Å². The summed E-state index contributed by atoms with van der Waals surface area (Å²) in [5.74, 6) is 0.721. The molecule has 0 saturated heterocycles. The maximum absolute atomic E-state index is 10.6. The van der Waals surface area contributed by atoms with Gasteiger partial charge in [-0.1, -0.05) is 53.6 Å². The molecule has 0 amide bonds. The fourth-order valence-corrected chi connectivity index (χ4v) is 3.13. The van der Waals surface area contributed by atoms with Crippen LogP contribution in [0.15, 0.2) is 72.9 Å². The first kappa shape index (κ1) is 18.1. The quantitative estimate of drug-likeness (QED) is 0.440. The monoisotopic (exact) mass is 390 g/mol. The second kappa shape index (κ2) is 7.79. The third-order valence-corrected chi connectivity index (χ3v) is 4.81. The van der Waals surface area contributed by atoms with Crippen molar-refractivity contribution >= 4 is 11.6 Å².